The van der Waals surface area contributed by atoms with Crippen LogP contribution in [0.2, 0.25) is 0 Å². The Morgan fingerprint density at radius 1 is 0.696 bits per heavy atom. The molecule has 0 saturated carbocycles. The lowest BCUT2D eigenvalue weighted by Gasteiger charge is -2.08. The molecule has 2 aromatic carbocycles. The van der Waals surface area contributed by atoms with Crippen LogP contribution < -0.4 is 0 Å². The summed E-state index contributed by atoms with van der Waals surface area (Å²) in [5.41, 5.74) is 5.98. The van der Waals surface area contributed by atoms with E-state index in [0.29, 0.717) is 0 Å². The van der Waals surface area contributed by atoms with Crippen molar-refractivity contribution in [1.82, 2.24) is 0 Å². The molecule has 0 N–H and O–H groups in total. The van der Waals surface area contributed by atoms with Crippen LogP contribution in [-0.2, 0) is 19.3 Å². The summed E-state index contributed by atoms with van der Waals surface area (Å²) in [6.07, 6.45) is 13.2. The van der Waals surface area contributed by atoms with Gasteiger partial charge in [0, 0.05) is 0 Å². The predicted molar refractivity (Wildman–Crippen MR) is 102 cm³/mol. The summed E-state index contributed by atoms with van der Waals surface area (Å²) in [5, 5.41) is 0. The highest BCUT2D eigenvalue weighted by Gasteiger charge is 2.01. The van der Waals surface area contributed by atoms with Gasteiger partial charge in [0.15, 0.2) is 0 Å². The molecular weight excluding hydrogens is 276 g/mol. The summed E-state index contributed by atoms with van der Waals surface area (Å²) in [4.78, 5) is 0. The zero-order chi connectivity index (χ0) is 16.3. The highest BCUT2D eigenvalue weighted by atomic mass is 14.1. The average Bonchev–Trinajstić information content (AvgIpc) is 2.58. The van der Waals surface area contributed by atoms with Crippen molar-refractivity contribution in [1.29, 1.82) is 0 Å². The first-order valence-electron chi connectivity index (χ1n) is 9.03. The summed E-state index contributed by atoms with van der Waals surface area (Å²) < 4.78 is 0. The first-order chi connectivity index (χ1) is 11.3. The molecule has 0 aliphatic carbocycles. The van der Waals surface area contributed by atoms with E-state index in [1.54, 1.807) is 0 Å². The minimum atomic E-state index is 1.07. The lowest BCUT2D eigenvalue weighted by molar-refractivity contribution is 0.638. The Kier molecular flexibility index (Phi) is 7.66. The Labute approximate surface area is 142 Å². The largest absolute Gasteiger partial charge is 0.0913 e. The monoisotopic (exact) mass is 306 g/mol. The second-order valence-corrected chi connectivity index (χ2v) is 6.38. The van der Waals surface area contributed by atoms with Crippen LogP contribution >= 0.6 is 0 Å². The van der Waals surface area contributed by atoms with Crippen LogP contribution in [0.4, 0.5) is 0 Å². The van der Waals surface area contributed by atoms with Crippen molar-refractivity contribution >= 4 is 0 Å². The number of hydrogen-bond donors (Lipinski definition) is 0. The van der Waals surface area contributed by atoms with Crippen LogP contribution in [0.5, 0.6) is 0 Å². The van der Waals surface area contributed by atoms with Gasteiger partial charge in [0.2, 0.25) is 0 Å². The molecule has 2 aromatic rings. The van der Waals surface area contributed by atoms with Crippen molar-refractivity contribution in [2.45, 2.75) is 58.8 Å². The van der Waals surface area contributed by atoms with Gasteiger partial charge < -0.3 is 0 Å². The molecule has 0 amide bonds. The Morgan fingerprint density at radius 3 is 1.91 bits per heavy atom. The summed E-state index contributed by atoms with van der Waals surface area (Å²) in [6.45, 7) is 4.31. The minimum absolute atomic E-state index is 1.07. The van der Waals surface area contributed by atoms with E-state index in [1.165, 1.54) is 60.8 Å². The average molecular weight is 306 g/mol. The van der Waals surface area contributed by atoms with Gasteiger partial charge in [0.25, 0.3) is 0 Å². The number of unbranched alkanes of at least 4 members (excludes halogenated alkanes) is 3. The topological polar surface area (TPSA) is 0 Å². The summed E-state index contributed by atoms with van der Waals surface area (Å²) in [7, 11) is 0. The molecule has 0 bridgehead atoms. The molecule has 0 nitrogen and oxygen atoms in total. The smallest absolute Gasteiger partial charge is 0.00948 e. The highest BCUT2D eigenvalue weighted by Crippen LogP contribution is 2.16. The predicted octanol–water partition coefficient (Wildman–Crippen LogP) is 6.46. The van der Waals surface area contributed by atoms with Gasteiger partial charge in [-0.05, 0) is 68.2 Å². The van der Waals surface area contributed by atoms with Crippen molar-refractivity contribution in [3.63, 3.8) is 0 Å². The number of aryl methyl sites for hydroxylation is 3. The Hall–Kier alpha value is -1.82. The van der Waals surface area contributed by atoms with E-state index in [-0.39, 0.29) is 0 Å². The van der Waals surface area contributed by atoms with Gasteiger partial charge in [0.1, 0.15) is 0 Å². The number of rotatable bonds is 9. The van der Waals surface area contributed by atoms with E-state index in [1.807, 2.05) is 0 Å². The molecule has 0 unspecified atom stereocenters. The minimum Gasteiger partial charge on any atom is -0.0913 e. The quantitative estimate of drug-likeness (QED) is 0.368. The van der Waals surface area contributed by atoms with Crippen molar-refractivity contribution in [2.75, 3.05) is 0 Å². The summed E-state index contributed by atoms with van der Waals surface area (Å²) in [5.74, 6) is 0. The normalized spacial score (nSPS) is 11.2. The van der Waals surface area contributed by atoms with Gasteiger partial charge in [-0.25, -0.2) is 0 Å². The Balaban J connectivity index is 1.69. The Morgan fingerprint density at radius 2 is 1.26 bits per heavy atom. The third-order valence-electron chi connectivity index (χ3n) is 4.60. The number of allylic oxidation sites excluding steroid dienone is 2. The van der Waals surface area contributed by atoms with E-state index in [0.717, 1.165) is 6.42 Å². The van der Waals surface area contributed by atoms with Crippen LogP contribution in [0.25, 0.3) is 0 Å². The van der Waals surface area contributed by atoms with Crippen LogP contribution in [0.3, 0.4) is 0 Å². The second-order valence-electron chi connectivity index (χ2n) is 6.38. The van der Waals surface area contributed by atoms with E-state index in [9.17, 15) is 0 Å². The molecule has 0 aliphatic heterocycles. The molecule has 0 heterocycles. The molecule has 0 heteroatoms. The summed E-state index contributed by atoms with van der Waals surface area (Å²) >= 11 is 0. The summed E-state index contributed by atoms with van der Waals surface area (Å²) in [6, 6.07) is 17.7. The second kappa shape index (κ2) is 10.0. The first-order valence-corrected chi connectivity index (χ1v) is 9.03. The maximum absolute atomic E-state index is 2.30. The standard InChI is InChI=1S/C23H30/c1-3-4-14-22-18-11-12-19-23(22)17-8-6-5-7-15-21-16-10-9-13-20(21)2/h3-4,9-13,16,18-19H,5-8,14-15,17H2,1-2H3/b4-3-. The third-order valence-corrected chi connectivity index (χ3v) is 4.60. The zero-order valence-corrected chi connectivity index (χ0v) is 14.7. The van der Waals surface area contributed by atoms with Gasteiger partial charge in [-0.1, -0.05) is 73.5 Å². The molecule has 0 aromatic heterocycles. The molecule has 122 valence electrons. The fraction of sp³-hybridized carbons (Fsp3) is 0.391. The zero-order valence-electron chi connectivity index (χ0n) is 14.7. The first kappa shape index (κ1) is 17.5. The van der Waals surface area contributed by atoms with Crippen LogP contribution in [0.15, 0.2) is 60.7 Å². The van der Waals surface area contributed by atoms with Crippen LogP contribution in [-0.4, -0.2) is 0 Å². The van der Waals surface area contributed by atoms with Gasteiger partial charge >= 0.3 is 0 Å². The van der Waals surface area contributed by atoms with E-state index in [4.69, 9.17) is 0 Å². The number of benzene rings is 2. The van der Waals surface area contributed by atoms with Crippen LogP contribution in [0.1, 0.15) is 54.9 Å². The van der Waals surface area contributed by atoms with Gasteiger partial charge in [-0.3, -0.25) is 0 Å². The van der Waals surface area contributed by atoms with Gasteiger partial charge in [-0.15, -0.1) is 0 Å². The maximum atomic E-state index is 2.30. The van der Waals surface area contributed by atoms with E-state index < -0.39 is 0 Å². The molecule has 0 radical (unpaired) electrons. The molecule has 2 rings (SSSR count). The number of hydrogen-bond acceptors (Lipinski definition) is 0. The molecule has 0 spiro atoms. The third kappa shape index (κ3) is 6.06. The molecule has 0 aliphatic rings. The van der Waals surface area contributed by atoms with Crippen LogP contribution in [0, 0.1) is 6.92 Å². The van der Waals surface area contributed by atoms with E-state index in [2.05, 4.69) is 74.5 Å². The molecular formula is C23H30. The molecule has 0 saturated heterocycles. The SMILES string of the molecule is C/C=C\Cc1ccccc1CCCCCCc1ccccc1C. The van der Waals surface area contributed by atoms with E-state index >= 15 is 0 Å². The Bertz CT molecular complexity index is 607. The van der Waals surface area contributed by atoms with Crippen molar-refractivity contribution in [3.05, 3.63) is 82.9 Å². The highest BCUT2D eigenvalue weighted by molar-refractivity contribution is 5.29. The molecule has 23 heavy (non-hydrogen) atoms. The lowest BCUT2D eigenvalue weighted by Crippen LogP contribution is -1.94. The fourth-order valence-electron chi connectivity index (χ4n) is 3.12. The van der Waals surface area contributed by atoms with Crippen molar-refractivity contribution in [3.8, 4) is 0 Å². The maximum Gasteiger partial charge on any atom is -0.00948 e. The van der Waals surface area contributed by atoms with Gasteiger partial charge in [0.05, 0.1) is 0 Å². The molecule has 0 atom stereocenters. The lowest BCUT2D eigenvalue weighted by atomic mass is 9.97. The van der Waals surface area contributed by atoms with Gasteiger partial charge in [-0.2, -0.15) is 0 Å². The van der Waals surface area contributed by atoms with Crippen molar-refractivity contribution < 1.29 is 0 Å². The molecule has 0 fully saturated rings. The van der Waals surface area contributed by atoms with Crippen molar-refractivity contribution in [2.24, 2.45) is 0 Å². The fourth-order valence-corrected chi connectivity index (χ4v) is 3.12.